The third kappa shape index (κ3) is 4.74. The second-order valence-electron chi connectivity index (χ2n) is 3.75. The molecule has 92 valence electrons. The maximum absolute atomic E-state index is 5.47. The average Bonchev–Trinajstić information content (AvgIpc) is 2.69. The second kappa shape index (κ2) is 7.38. The molecule has 0 aliphatic heterocycles. The summed E-state index contributed by atoms with van der Waals surface area (Å²) in [5.41, 5.74) is 0.900. The van der Waals surface area contributed by atoms with E-state index in [-0.39, 0.29) is 6.10 Å². The topological polar surface area (TPSA) is 56.5 Å². The Hall–Kier alpha value is -0.910. The molecular formula is C11H20N2O3. The van der Waals surface area contributed by atoms with Crippen LogP contribution in [0.15, 0.2) is 10.8 Å². The lowest BCUT2D eigenvalue weighted by atomic mass is 10.3. The lowest BCUT2D eigenvalue weighted by Crippen LogP contribution is -2.19. The zero-order valence-electron chi connectivity index (χ0n) is 10.2. The molecule has 1 rings (SSSR count). The minimum absolute atomic E-state index is 0.194. The fourth-order valence-corrected chi connectivity index (χ4v) is 1.18. The molecule has 0 radical (unpaired) electrons. The SMILES string of the molecule is COCCNCc1ncoc1COC(C)C. The van der Waals surface area contributed by atoms with Crippen LogP contribution >= 0.6 is 0 Å². The normalized spacial score (nSPS) is 11.2. The molecule has 0 atom stereocenters. The Kier molecular flexibility index (Phi) is 6.07. The Morgan fingerprint density at radius 2 is 2.31 bits per heavy atom. The van der Waals surface area contributed by atoms with Crippen LogP contribution in [0.1, 0.15) is 25.3 Å². The number of ether oxygens (including phenoxy) is 2. The van der Waals surface area contributed by atoms with E-state index < -0.39 is 0 Å². The molecule has 0 spiro atoms. The molecule has 0 fully saturated rings. The van der Waals surface area contributed by atoms with E-state index in [0.29, 0.717) is 19.8 Å². The standard InChI is InChI=1S/C11H20N2O3/c1-9(2)15-7-11-10(13-8-16-11)6-12-4-5-14-3/h8-9,12H,4-7H2,1-3H3. The van der Waals surface area contributed by atoms with Gasteiger partial charge in [-0.2, -0.15) is 0 Å². The van der Waals surface area contributed by atoms with Gasteiger partial charge in [-0.3, -0.25) is 0 Å². The van der Waals surface area contributed by atoms with Crippen LogP contribution in [0.25, 0.3) is 0 Å². The quantitative estimate of drug-likeness (QED) is 0.680. The highest BCUT2D eigenvalue weighted by molar-refractivity contribution is 5.05. The van der Waals surface area contributed by atoms with Crippen LogP contribution in [0.3, 0.4) is 0 Å². The van der Waals surface area contributed by atoms with Gasteiger partial charge in [0.15, 0.2) is 12.2 Å². The van der Waals surface area contributed by atoms with Gasteiger partial charge in [0.1, 0.15) is 6.61 Å². The van der Waals surface area contributed by atoms with Crippen molar-refractivity contribution in [2.24, 2.45) is 0 Å². The first-order chi connectivity index (χ1) is 7.74. The smallest absolute Gasteiger partial charge is 0.181 e. The molecule has 0 amide bonds. The highest BCUT2D eigenvalue weighted by Crippen LogP contribution is 2.09. The van der Waals surface area contributed by atoms with Gasteiger partial charge in [-0.15, -0.1) is 0 Å². The zero-order valence-corrected chi connectivity index (χ0v) is 10.2. The third-order valence-electron chi connectivity index (χ3n) is 2.05. The van der Waals surface area contributed by atoms with Crippen molar-refractivity contribution in [2.45, 2.75) is 33.1 Å². The predicted octanol–water partition coefficient (Wildman–Crippen LogP) is 1.34. The molecule has 16 heavy (non-hydrogen) atoms. The van der Waals surface area contributed by atoms with Gasteiger partial charge in [0.05, 0.1) is 18.4 Å². The summed E-state index contributed by atoms with van der Waals surface area (Å²) in [5.74, 6) is 0.790. The monoisotopic (exact) mass is 228 g/mol. The first-order valence-corrected chi connectivity index (χ1v) is 5.46. The molecule has 1 aromatic rings. The minimum atomic E-state index is 0.194. The number of hydrogen-bond acceptors (Lipinski definition) is 5. The van der Waals surface area contributed by atoms with E-state index in [9.17, 15) is 0 Å². The van der Waals surface area contributed by atoms with E-state index in [1.165, 1.54) is 6.39 Å². The van der Waals surface area contributed by atoms with Crippen LogP contribution < -0.4 is 5.32 Å². The summed E-state index contributed by atoms with van der Waals surface area (Å²) in [6.45, 7) is 6.62. The van der Waals surface area contributed by atoms with Crippen LogP contribution in [0.5, 0.6) is 0 Å². The van der Waals surface area contributed by atoms with Crippen molar-refractivity contribution in [2.75, 3.05) is 20.3 Å². The highest BCUT2D eigenvalue weighted by Gasteiger charge is 2.08. The average molecular weight is 228 g/mol. The summed E-state index contributed by atoms with van der Waals surface area (Å²) in [4.78, 5) is 4.14. The largest absolute Gasteiger partial charge is 0.446 e. The van der Waals surface area contributed by atoms with Gasteiger partial charge in [-0.1, -0.05) is 0 Å². The number of oxazole rings is 1. The Labute approximate surface area is 96.1 Å². The van der Waals surface area contributed by atoms with E-state index in [2.05, 4.69) is 10.3 Å². The van der Waals surface area contributed by atoms with Gasteiger partial charge in [0.25, 0.3) is 0 Å². The molecule has 0 saturated carbocycles. The molecule has 0 aliphatic carbocycles. The number of rotatable bonds is 8. The van der Waals surface area contributed by atoms with Gasteiger partial charge in [-0.25, -0.2) is 4.98 Å². The highest BCUT2D eigenvalue weighted by atomic mass is 16.5. The maximum Gasteiger partial charge on any atom is 0.181 e. The van der Waals surface area contributed by atoms with Gasteiger partial charge in [0, 0.05) is 20.2 Å². The molecule has 0 bridgehead atoms. The van der Waals surface area contributed by atoms with Crippen molar-refractivity contribution >= 4 is 0 Å². The lowest BCUT2D eigenvalue weighted by Gasteiger charge is -2.07. The maximum atomic E-state index is 5.47. The number of methoxy groups -OCH3 is 1. The third-order valence-corrected chi connectivity index (χ3v) is 2.05. The van der Waals surface area contributed by atoms with E-state index in [1.54, 1.807) is 7.11 Å². The van der Waals surface area contributed by atoms with Gasteiger partial charge in [-0.05, 0) is 13.8 Å². The number of nitrogens with zero attached hydrogens (tertiary/aromatic N) is 1. The molecule has 1 N–H and O–H groups in total. The zero-order chi connectivity index (χ0) is 11.8. The van der Waals surface area contributed by atoms with Crippen LogP contribution in [-0.2, 0) is 22.6 Å². The molecule has 1 aromatic heterocycles. The van der Waals surface area contributed by atoms with Crippen LogP contribution in [0.2, 0.25) is 0 Å². The predicted molar refractivity (Wildman–Crippen MR) is 60.0 cm³/mol. The first kappa shape index (κ1) is 13.2. The summed E-state index contributed by atoms with van der Waals surface area (Å²) in [6, 6.07) is 0. The minimum Gasteiger partial charge on any atom is -0.446 e. The van der Waals surface area contributed by atoms with Crippen LogP contribution in [0.4, 0.5) is 0 Å². The van der Waals surface area contributed by atoms with Crippen molar-refractivity contribution in [1.82, 2.24) is 10.3 Å². The molecule has 0 unspecified atom stereocenters. The summed E-state index contributed by atoms with van der Waals surface area (Å²) in [7, 11) is 1.68. The molecule has 5 nitrogen and oxygen atoms in total. The molecular weight excluding hydrogens is 208 g/mol. The fourth-order valence-electron chi connectivity index (χ4n) is 1.18. The molecule has 0 saturated heterocycles. The van der Waals surface area contributed by atoms with Crippen LogP contribution in [0, 0.1) is 0 Å². The van der Waals surface area contributed by atoms with E-state index >= 15 is 0 Å². The number of hydrogen-bond donors (Lipinski definition) is 1. The van der Waals surface area contributed by atoms with Crippen molar-refractivity contribution < 1.29 is 13.9 Å². The van der Waals surface area contributed by atoms with Gasteiger partial charge >= 0.3 is 0 Å². The van der Waals surface area contributed by atoms with Gasteiger partial charge in [0.2, 0.25) is 0 Å². The number of aromatic nitrogens is 1. The first-order valence-electron chi connectivity index (χ1n) is 5.46. The summed E-state index contributed by atoms with van der Waals surface area (Å²) >= 11 is 0. The second-order valence-corrected chi connectivity index (χ2v) is 3.75. The number of nitrogens with one attached hydrogen (secondary N) is 1. The summed E-state index contributed by atoms with van der Waals surface area (Å²) in [5, 5.41) is 3.21. The fraction of sp³-hybridized carbons (Fsp3) is 0.727. The van der Waals surface area contributed by atoms with E-state index in [1.807, 2.05) is 13.8 Å². The summed E-state index contributed by atoms with van der Waals surface area (Å²) in [6.07, 6.45) is 1.64. The van der Waals surface area contributed by atoms with Crippen molar-refractivity contribution in [3.63, 3.8) is 0 Å². The molecule has 5 heteroatoms. The lowest BCUT2D eigenvalue weighted by molar-refractivity contribution is 0.0538. The van der Waals surface area contributed by atoms with E-state index in [0.717, 1.165) is 18.0 Å². The Morgan fingerprint density at radius 3 is 3.00 bits per heavy atom. The molecule has 0 aromatic carbocycles. The Balaban J connectivity index is 2.32. The van der Waals surface area contributed by atoms with Gasteiger partial charge < -0.3 is 19.2 Å². The molecule has 1 heterocycles. The van der Waals surface area contributed by atoms with Crippen molar-refractivity contribution in [1.29, 1.82) is 0 Å². The van der Waals surface area contributed by atoms with Crippen LogP contribution in [-0.4, -0.2) is 31.3 Å². The van der Waals surface area contributed by atoms with E-state index in [4.69, 9.17) is 13.9 Å². The molecule has 0 aliphatic rings. The summed E-state index contributed by atoms with van der Waals surface area (Å²) < 4.78 is 15.7. The van der Waals surface area contributed by atoms with Crippen molar-refractivity contribution in [3.8, 4) is 0 Å². The van der Waals surface area contributed by atoms with Crippen molar-refractivity contribution in [3.05, 3.63) is 17.8 Å². The Morgan fingerprint density at radius 1 is 1.50 bits per heavy atom. The Bertz CT molecular complexity index is 287.